The highest BCUT2D eigenvalue weighted by Crippen LogP contribution is 2.23. The van der Waals surface area contributed by atoms with Crippen molar-refractivity contribution in [2.45, 2.75) is 11.8 Å². The van der Waals surface area contributed by atoms with Gasteiger partial charge in [0.15, 0.2) is 6.61 Å². The van der Waals surface area contributed by atoms with Gasteiger partial charge in [-0.15, -0.1) is 0 Å². The van der Waals surface area contributed by atoms with Crippen molar-refractivity contribution in [3.63, 3.8) is 0 Å². The van der Waals surface area contributed by atoms with Gasteiger partial charge in [-0.1, -0.05) is 22.0 Å². The van der Waals surface area contributed by atoms with Crippen molar-refractivity contribution in [1.29, 1.82) is 0 Å². The molecule has 8 nitrogen and oxygen atoms in total. The number of sulfonamides is 1. The number of carbonyl (C=O) groups is 2. The number of ether oxygens (including phenoxy) is 2. The molecular weight excluding hydrogens is 440 g/mol. The van der Waals surface area contributed by atoms with E-state index in [0.29, 0.717) is 5.69 Å². The Morgan fingerprint density at radius 3 is 2.48 bits per heavy atom. The summed E-state index contributed by atoms with van der Waals surface area (Å²) >= 11 is 3.36. The van der Waals surface area contributed by atoms with Gasteiger partial charge in [-0.2, -0.15) is 0 Å². The van der Waals surface area contributed by atoms with E-state index < -0.39 is 28.5 Å². The van der Waals surface area contributed by atoms with Gasteiger partial charge >= 0.3 is 5.97 Å². The number of nitrogens with one attached hydrogen (secondary N) is 1. The topological polar surface area (TPSA) is 125 Å². The molecule has 1 amide bonds. The molecule has 10 heteroatoms. The van der Waals surface area contributed by atoms with Gasteiger partial charge in [0, 0.05) is 10.2 Å². The van der Waals surface area contributed by atoms with E-state index in [0.717, 1.165) is 16.1 Å². The molecule has 27 heavy (non-hydrogen) atoms. The minimum Gasteiger partial charge on any atom is -0.496 e. The molecule has 2 aromatic rings. The second-order valence-corrected chi connectivity index (χ2v) is 7.91. The van der Waals surface area contributed by atoms with Crippen molar-refractivity contribution in [3.05, 3.63) is 52.0 Å². The summed E-state index contributed by atoms with van der Waals surface area (Å²) in [7, 11) is -2.70. The molecule has 0 atom stereocenters. The van der Waals surface area contributed by atoms with Crippen LogP contribution in [0.2, 0.25) is 0 Å². The Morgan fingerprint density at radius 2 is 1.89 bits per heavy atom. The van der Waals surface area contributed by atoms with E-state index in [9.17, 15) is 18.0 Å². The third-order valence-corrected chi connectivity index (χ3v) is 5.27. The smallest absolute Gasteiger partial charge is 0.342 e. The van der Waals surface area contributed by atoms with Crippen molar-refractivity contribution in [2.75, 3.05) is 19.0 Å². The van der Waals surface area contributed by atoms with Gasteiger partial charge < -0.3 is 14.8 Å². The lowest BCUT2D eigenvalue weighted by Crippen LogP contribution is -2.21. The molecule has 2 aromatic carbocycles. The van der Waals surface area contributed by atoms with Crippen LogP contribution in [0.15, 0.2) is 45.8 Å². The molecule has 3 N–H and O–H groups in total. The number of amides is 1. The van der Waals surface area contributed by atoms with Crippen molar-refractivity contribution in [2.24, 2.45) is 5.14 Å². The van der Waals surface area contributed by atoms with Gasteiger partial charge in [0.2, 0.25) is 10.0 Å². The minimum atomic E-state index is -4.01. The summed E-state index contributed by atoms with van der Waals surface area (Å²) in [5.74, 6) is -1.38. The maximum absolute atomic E-state index is 12.2. The van der Waals surface area contributed by atoms with E-state index in [1.165, 1.54) is 19.2 Å². The average molecular weight is 457 g/mol. The standard InChI is InChI=1S/C17H17BrN2O6S/c1-10-3-4-11(7-14(10)18)20-16(21)9-26-17(22)13-8-12(27(19,23)24)5-6-15(13)25-2/h3-8H,9H2,1-2H3,(H,20,21)(H2,19,23,24). The maximum atomic E-state index is 12.2. The Morgan fingerprint density at radius 1 is 1.19 bits per heavy atom. The third-order valence-electron chi connectivity index (χ3n) is 3.51. The van der Waals surface area contributed by atoms with Crippen LogP contribution in [0.25, 0.3) is 0 Å². The molecule has 0 radical (unpaired) electrons. The lowest BCUT2D eigenvalue weighted by Gasteiger charge is -2.11. The highest BCUT2D eigenvalue weighted by Gasteiger charge is 2.19. The first kappa shape index (κ1) is 20.9. The first-order chi connectivity index (χ1) is 12.6. The van der Waals surface area contributed by atoms with E-state index in [4.69, 9.17) is 14.6 Å². The number of aryl methyl sites for hydroxylation is 1. The summed E-state index contributed by atoms with van der Waals surface area (Å²) in [6.45, 7) is 1.34. The van der Waals surface area contributed by atoms with E-state index in [1.807, 2.05) is 13.0 Å². The zero-order chi connectivity index (χ0) is 20.2. The fourth-order valence-corrected chi connectivity index (χ4v) is 3.02. The monoisotopic (exact) mass is 456 g/mol. The van der Waals surface area contributed by atoms with E-state index in [2.05, 4.69) is 21.2 Å². The zero-order valence-electron chi connectivity index (χ0n) is 14.5. The number of nitrogens with two attached hydrogens (primary N) is 1. The van der Waals surface area contributed by atoms with Crippen LogP contribution in [-0.4, -0.2) is 34.0 Å². The maximum Gasteiger partial charge on any atom is 0.342 e. The molecule has 0 heterocycles. The predicted molar refractivity (Wildman–Crippen MR) is 102 cm³/mol. The number of methoxy groups -OCH3 is 1. The van der Waals surface area contributed by atoms with Crippen molar-refractivity contribution in [3.8, 4) is 5.75 Å². The van der Waals surface area contributed by atoms with Crippen molar-refractivity contribution < 1.29 is 27.5 Å². The van der Waals surface area contributed by atoms with E-state index >= 15 is 0 Å². The van der Waals surface area contributed by atoms with Gasteiger partial charge in [-0.25, -0.2) is 18.4 Å². The van der Waals surface area contributed by atoms with Crippen LogP contribution >= 0.6 is 15.9 Å². The lowest BCUT2D eigenvalue weighted by atomic mass is 10.2. The van der Waals surface area contributed by atoms with E-state index in [1.54, 1.807) is 12.1 Å². The number of halogens is 1. The SMILES string of the molecule is COc1ccc(S(N)(=O)=O)cc1C(=O)OCC(=O)Nc1ccc(C)c(Br)c1. The van der Waals surface area contributed by atoms with Crippen LogP contribution in [0.5, 0.6) is 5.75 Å². The molecule has 0 bridgehead atoms. The Balaban J connectivity index is 2.08. The zero-order valence-corrected chi connectivity index (χ0v) is 16.9. The van der Waals surface area contributed by atoms with Crippen LogP contribution in [-0.2, 0) is 19.6 Å². The van der Waals surface area contributed by atoms with Crippen LogP contribution in [0.4, 0.5) is 5.69 Å². The lowest BCUT2D eigenvalue weighted by molar-refractivity contribution is -0.119. The van der Waals surface area contributed by atoms with Gasteiger partial charge in [0.05, 0.1) is 12.0 Å². The normalized spacial score (nSPS) is 11.0. The fraction of sp³-hybridized carbons (Fsp3) is 0.176. The van der Waals surface area contributed by atoms with Gasteiger partial charge in [0.1, 0.15) is 11.3 Å². The number of hydrogen-bond acceptors (Lipinski definition) is 6. The average Bonchev–Trinajstić information content (AvgIpc) is 2.61. The molecule has 0 saturated carbocycles. The Kier molecular flexibility index (Phi) is 6.58. The number of benzene rings is 2. The Hall–Kier alpha value is -2.43. The summed E-state index contributed by atoms with van der Waals surface area (Å²) in [5, 5.41) is 7.65. The number of primary sulfonamides is 1. The number of hydrogen-bond donors (Lipinski definition) is 2. The Bertz CT molecular complexity index is 991. The third kappa shape index (κ3) is 5.52. The fourth-order valence-electron chi connectivity index (χ4n) is 2.10. The summed E-state index contributed by atoms with van der Waals surface area (Å²) in [4.78, 5) is 23.9. The van der Waals surface area contributed by atoms with Gasteiger partial charge in [-0.3, -0.25) is 4.79 Å². The highest BCUT2D eigenvalue weighted by molar-refractivity contribution is 9.10. The summed E-state index contributed by atoms with van der Waals surface area (Å²) < 4.78 is 33.7. The highest BCUT2D eigenvalue weighted by atomic mass is 79.9. The largest absolute Gasteiger partial charge is 0.496 e. The predicted octanol–water partition coefficient (Wildman–Crippen LogP) is 2.21. The van der Waals surface area contributed by atoms with Crippen LogP contribution in [0, 0.1) is 6.92 Å². The van der Waals surface area contributed by atoms with Crippen molar-refractivity contribution in [1.82, 2.24) is 0 Å². The van der Waals surface area contributed by atoms with E-state index in [-0.39, 0.29) is 16.2 Å². The molecule has 144 valence electrons. The summed E-state index contributed by atoms with van der Waals surface area (Å²) in [5.41, 5.74) is 1.37. The molecular formula is C17H17BrN2O6S. The van der Waals surface area contributed by atoms with Crippen LogP contribution in [0.3, 0.4) is 0 Å². The van der Waals surface area contributed by atoms with Crippen LogP contribution in [0.1, 0.15) is 15.9 Å². The molecule has 0 aliphatic rings. The molecule has 0 fully saturated rings. The molecule has 2 rings (SSSR count). The molecule has 0 aliphatic carbocycles. The molecule has 0 aliphatic heterocycles. The number of anilines is 1. The first-order valence-electron chi connectivity index (χ1n) is 7.56. The second kappa shape index (κ2) is 8.51. The molecule has 0 saturated heterocycles. The summed E-state index contributed by atoms with van der Waals surface area (Å²) in [6, 6.07) is 8.75. The number of esters is 1. The van der Waals surface area contributed by atoms with Gasteiger partial charge in [-0.05, 0) is 42.8 Å². The molecule has 0 aromatic heterocycles. The van der Waals surface area contributed by atoms with Crippen LogP contribution < -0.4 is 15.2 Å². The number of rotatable bonds is 6. The molecule has 0 unspecified atom stereocenters. The first-order valence-corrected chi connectivity index (χ1v) is 9.89. The summed E-state index contributed by atoms with van der Waals surface area (Å²) in [6.07, 6.45) is 0. The van der Waals surface area contributed by atoms with Gasteiger partial charge in [0.25, 0.3) is 5.91 Å². The minimum absolute atomic E-state index is 0.0928. The number of carbonyl (C=O) groups excluding carboxylic acids is 2. The molecule has 0 spiro atoms. The second-order valence-electron chi connectivity index (χ2n) is 5.50. The Labute approximate surface area is 164 Å². The quantitative estimate of drug-likeness (QED) is 0.641. The van der Waals surface area contributed by atoms with Crippen molar-refractivity contribution >= 4 is 43.5 Å².